The number of carboxylic acid groups (broad SMARTS) is 1. The van der Waals surface area contributed by atoms with Crippen LogP contribution in [-0.4, -0.2) is 112 Å². The van der Waals surface area contributed by atoms with E-state index in [1.54, 1.807) is 6.92 Å². The molecule has 0 radical (unpaired) electrons. The highest BCUT2D eigenvalue weighted by Gasteiger charge is 2.15. The summed E-state index contributed by atoms with van der Waals surface area (Å²) in [4.78, 5) is 47.1. The van der Waals surface area contributed by atoms with Gasteiger partial charge < -0.3 is 38.8 Å². The third kappa shape index (κ3) is 16.0. The molecule has 230 valence electrons. The second kappa shape index (κ2) is 23.0. The van der Waals surface area contributed by atoms with Crippen molar-refractivity contribution in [3.63, 3.8) is 0 Å². The van der Waals surface area contributed by atoms with Crippen LogP contribution in [0.3, 0.4) is 0 Å². The Bertz CT molecular complexity index is 988. The van der Waals surface area contributed by atoms with Gasteiger partial charge in [-0.25, -0.2) is 9.36 Å². The van der Waals surface area contributed by atoms with Gasteiger partial charge in [-0.05, 0) is 38.8 Å². The minimum Gasteiger partial charge on any atom is -0.481 e. The van der Waals surface area contributed by atoms with Crippen molar-refractivity contribution >= 4 is 43.7 Å². The molecule has 16 heteroatoms. The normalized spacial score (nSPS) is 11.2. The number of rotatable bonds is 25. The third-order valence-electron chi connectivity index (χ3n) is 5.07. The highest BCUT2D eigenvalue weighted by molar-refractivity contribution is 9.13. The number of carboxylic acids is 1. The monoisotopic (exact) mass is 703 g/mol. The van der Waals surface area contributed by atoms with Crippen LogP contribution in [-0.2, 0) is 51.1 Å². The van der Waals surface area contributed by atoms with Crippen molar-refractivity contribution < 1.29 is 43.1 Å². The number of amides is 1. The maximum atomic E-state index is 12.4. The van der Waals surface area contributed by atoms with Crippen molar-refractivity contribution in [3.05, 3.63) is 29.7 Å². The summed E-state index contributed by atoms with van der Waals surface area (Å²) in [6, 6.07) is 0. The molecular weight excluding hydrogens is 666 g/mol. The van der Waals surface area contributed by atoms with E-state index in [-0.39, 0.29) is 52.0 Å². The first kappa shape index (κ1) is 36.4. The van der Waals surface area contributed by atoms with E-state index in [9.17, 15) is 19.2 Å². The Morgan fingerprint density at radius 2 is 1.07 bits per heavy atom. The van der Waals surface area contributed by atoms with E-state index in [2.05, 4.69) is 37.2 Å². The predicted octanol–water partition coefficient (Wildman–Crippen LogP) is 0.636. The van der Waals surface area contributed by atoms with Crippen LogP contribution in [0.15, 0.2) is 18.5 Å². The lowest BCUT2D eigenvalue weighted by Crippen LogP contribution is -2.40. The molecule has 0 aromatic carbocycles. The van der Waals surface area contributed by atoms with E-state index in [0.717, 1.165) is 0 Å². The van der Waals surface area contributed by atoms with Crippen LogP contribution >= 0.6 is 31.9 Å². The molecule has 0 saturated carbocycles. The molecule has 14 nitrogen and oxygen atoms in total. The Hall–Kier alpha value is -1.66. The van der Waals surface area contributed by atoms with Gasteiger partial charge in [-0.3, -0.25) is 19.2 Å². The lowest BCUT2D eigenvalue weighted by molar-refractivity contribution is -0.138. The molecule has 40 heavy (non-hydrogen) atoms. The second-order valence-electron chi connectivity index (χ2n) is 8.00. The number of halogens is 2. The molecule has 1 aromatic rings. The molecule has 0 aliphatic carbocycles. The lowest BCUT2D eigenvalue weighted by Gasteiger charge is -2.15. The summed E-state index contributed by atoms with van der Waals surface area (Å²) in [7, 11) is 0. The molecule has 1 amide bonds. The van der Waals surface area contributed by atoms with E-state index in [4.69, 9.17) is 33.5 Å². The minimum atomic E-state index is -0.888. The number of carbonyl (C=O) groups excluding carboxylic acids is 1. The number of nitrogens with zero attached hydrogens (tertiary/aromatic N) is 2. The van der Waals surface area contributed by atoms with Gasteiger partial charge in [0.25, 0.3) is 11.1 Å². The van der Waals surface area contributed by atoms with Crippen molar-refractivity contribution in [3.8, 4) is 0 Å². The molecule has 0 unspecified atom stereocenters. The number of aliphatic carboxylic acids is 1. The van der Waals surface area contributed by atoms with Gasteiger partial charge in [0.05, 0.1) is 92.2 Å². The highest BCUT2D eigenvalue weighted by atomic mass is 79.9. The third-order valence-corrected chi connectivity index (χ3v) is 7.07. The van der Waals surface area contributed by atoms with E-state index in [0.29, 0.717) is 85.8 Å². The van der Waals surface area contributed by atoms with Crippen molar-refractivity contribution in [2.45, 2.75) is 32.9 Å². The quantitative estimate of drug-likeness (QED) is 0.137. The fraction of sp³-hybridized carbons (Fsp3) is 0.750. The first-order valence-corrected chi connectivity index (χ1v) is 14.5. The average molecular weight is 705 g/mol. The molecule has 0 aliphatic rings. The van der Waals surface area contributed by atoms with Crippen LogP contribution in [0.25, 0.3) is 0 Å². The molecule has 0 saturated heterocycles. The van der Waals surface area contributed by atoms with Gasteiger partial charge in [-0.15, -0.1) is 0 Å². The second-order valence-corrected chi connectivity index (χ2v) is 9.58. The van der Waals surface area contributed by atoms with Crippen molar-refractivity contribution in [2.75, 3.05) is 85.8 Å². The molecule has 0 fully saturated rings. The summed E-state index contributed by atoms with van der Waals surface area (Å²) < 4.78 is 34.8. The Balaban J connectivity index is 1.92. The summed E-state index contributed by atoms with van der Waals surface area (Å²) >= 11 is 6.23. The van der Waals surface area contributed by atoms with Gasteiger partial charge >= 0.3 is 5.97 Å². The summed E-state index contributed by atoms with van der Waals surface area (Å²) in [5.74, 6) is -1.14. The van der Waals surface area contributed by atoms with Crippen LogP contribution in [0.2, 0.25) is 0 Å². The highest BCUT2D eigenvalue weighted by Crippen LogP contribution is 2.13. The van der Waals surface area contributed by atoms with Crippen LogP contribution in [0.1, 0.15) is 19.8 Å². The zero-order valence-electron chi connectivity index (χ0n) is 22.7. The zero-order valence-corrected chi connectivity index (χ0v) is 25.9. The number of hydrogen-bond acceptors (Lipinski definition) is 10. The molecule has 2 N–H and O–H groups in total. The molecule has 1 heterocycles. The summed E-state index contributed by atoms with van der Waals surface area (Å²) in [6.07, 6.45) is 0.0261. The van der Waals surface area contributed by atoms with Gasteiger partial charge in [0.15, 0.2) is 0 Å². The minimum absolute atomic E-state index is 0.0179. The number of aromatic nitrogens is 2. The molecule has 0 atom stereocenters. The number of carbonyl (C=O) groups is 2. The van der Waals surface area contributed by atoms with E-state index in [1.807, 2.05) is 0 Å². The van der Waals surface area contributed by atoms with E-state index < -0.39 is 5.97 Å². The lowest BCUT2D eigenvalue weighted by atomic mass is 10.4. The first-order valence-electron chi connectivity index (χ1n) is 12.9. The fourth-order valence-corrected chi connectivity index (χ4v) is 3.84. The van der Waals surface area contributed by atoms with E-state index in [1.165, 1.54) is 9.36 Å². The maximum absolute atomic E-state index is 12.4. The SMILES string of the molecule is CCn1c(=O)c(Br)c(Br)c(=O)n1CCC(=O)NCCOCCOCCOCCOCCOCCOCCC(=O)O. The Morgan fingerprint density at radius 1 is 0.675 bits per heavy atom. The smallest absolute Gasteiger partial charge is 0.305 e. The largest absolute Gasteiger partial charge is 0.481 e. The zero-order chi connectivity index (χ0) is 29.6. The topological polar surface area (TPSA) is 166 Å². The molecule has 1 aromatic heterocycles. The van der Waals surface area contributed by atoms with Crippen LogP contribution in [0.4, 0.5) is 0 Å². The Morgan fingerprint density at radius 3 is 1.50 bits per heavy atom. The van der Waals surface area contributed by atoms with Crippen molar-refractivity contribution in [1.82, 2.24) is 14.7 Å². The molecule has 1 rings (SSSR count). The molecule has 0 aliphatic heterocycles. The van der Waals surface area contributed by atoms with E-state index >= 15 is 0 Å². The average Bonchev–Trinajstić information content (AvgIpc) is 2.93. The van der Waals surface area contributed by atoms with Gasteiger partial charge in [0, 0.05) is 19.5 Å². The molecule has 0 bridgehead atoms. The number of hydrogen-bond donors (Lipinski definition) is 2. The molecule has 0 spiro atoms. The number of nitrogens with one attached hydrogen (secondary N) is 1. The Labute approximate surface area is 249 Å². The van der Waals surface area contributed by atoms with Gasteiger partial charge in [0.2, 0.25) is 5.91 Å². The van der Waals surface area contributed by atoms with Crippen molar-refractivity contribution in [2.24, 2.45) is 0 Å². The first-order chi connectivity index (χ1) is 19.3. The summed E-state index contributed by atoms with van der Waals surface area (Å²) in [6.45, 7) is 6.97. The fourth-order valence-electron chi connectivity index (χ4n) is 3.09. The standard InChI is InChI=1S/C24H39Br2N3O11/c1-2-28-23(33)21(25)22(26)24(34)29(28)6-3-19(30)27-5-8-36-10-12-38-14-16-40-18-17-39-15-13-37-11-9-35-7-4-20(31)32/h2-18H2,1H3,(H,27,30)(H,31,32). The number of ether oxygens (including phenoxy) is 6. The maximum Gasteiger partial charge on any atom is 0.305 e. The van der Waals surface area contributed by atoms with Gasteiger partial charge in [-0.2, -0.15) is 0 Å². The summed E-state index contributed by atoms with van der Waals surface area (Å²) in [5.41, 5.74) is -0.736. The van der Waals surface area contributed by atoms with Crippen LogP contribution in [0.5, 0.6) is 0 Å². The van der Waals surface area contributed by atoms with Crippen molar-refractivity contribution in [1.29, 1.82) is 0 Å². The Kier molecular flexibility index (Phi) is 20.9. The predicted molar refractivity (Wildman–Crippen MR) is 151 cm³/mol. The summed E-state index contributed by atoms with van der Waals surface area (Å²) in [5, 5.41) is 11.2. The molecular formula is C24H39Br2N3O11. The van der Waals surface area contributed by atoms with Crippen LogP contribution in [0, 0.1) is 0 Å². The van der Waals surface area contributed by atoms with Gasteiger partial charge in [-0.1, -0.05) is 0 Å². The van der Waals surface area contributed by atoms with Crippen LogP contribution < -0.4 is 16.4 Å². The van der Waals surface area contributed by atoms with Gasteiger partial charge in [0.1, 0.15) is 8.95 Å².